The van der Waals surface area contributed by atoms with E-state index in [9.17, 15) is 9.59 Å². The Morgan fingerprint density at radius 3 is 2.81 bits per heavy atom. The number of hydrogen-bond acceptors (Lipinski definition) is 5. The van der Waals surface area contributed by atoms with Crippen LogP contribution >= 0.6 is 0 Å². The van der Waals surface area contributed by atoms with Gasteiger partial charge in [-0.3, -0.25) is 10.1 Å². The number of nitrogens with one attached hydrogen (secondary N) is 2. The highest BCUT2D eigenvalue weighted by Crippen LogP contribution is 2.32. The predicted octanol–water partition coefficient (Wildman–Crippen LogP) is 3.19. The van der Waals surface area contributed by atoms with E-state index in [1.165, 1.54) is 0 Å². The summed E-state index contributed by atoms with van der Waals surface area (Å²) in [7, 11) is 0. The molecule has 0 radical (unpaired) electrons. The molecule has 174 valence electrons. The van der Waals surface area contributed by atoms with Crippen molar-refractivity contribution >= 4 is 18.3 Å². The van der Waals surface area contributed by atoms with Gasteiger partial charge in [0.2, 0.25) is 0 Å². The lowest BCUT2D eigenvalue weighted by molar-refractivity contribution is 0.0188. The Labute approximate surface area is 189 Å². The normalized spacial score (nSPS) is 25.4. The van der Waals surface area contributed by atoms with Crippen LogP contribution in [0.4, 0.5) is 9.59 Å². The maximum absolute atomic E-state index is 13.1. The molecule has 3 atom stereocenters. The fourth-order valence-electron chi connectivity index (χ4n) is 4.56. The molecule has 0 aliphatic carbocycles. The maximum atomic E-state index is 13.1. The summed E-state index contributed by atoms with van der Waals surface area (Å²) in [5.41, 5.74) is 2.70. The van der Waals surface area contributed by atoms with Crippen LogP contribution in [0.15, 0.2) is 17.3 Å². The Morgan fingerprint density at radius 1 is 1.25 bits per heavy atom. The van der Waals surface area contributed by atoms with Crippen LogP contribution < -0.4 is 5.32 Å². The Balaban J connectivity index is 1.37. The molecule has 1 aromatic heterocycles. The number of piperidine rings is 1. The molecule has 3 amide bonds. The highest BCUT2D eigenvalue weighted by atomic mass is 16.6. The van der Waals surface area contributed by atoms with Crippen LogP contribution in [0.2, 0.25) is 0 Å². The molecule has 9 heteroatoms. The molecular formula is C23H34N6O3. The Morgan fingerprint density at radius 2 is 2.06 bits per heavy atom. The van der Waals surface area contributed by atoms with Gasteiger partial charge in [0, 0.05) is 67.6 Å². The van der Waals surface area contributed by atoms with Gasteiger partial charge in [-0.05, 0) is 33.6 Å². The van der Waals surface area contributed by atoms with Crippen molar-refractivity contribution in [2.45, 2.75) is 71.1 Å². The maximum Gasteiger partial charge on any atom is 0.410 e. The number of carbonyl (C=O) groups is 2. The van der Waals surface area contributed by atoms with Gasteiger partial charge in [0.1, 0.15) is 5.60 Å². The van der Waals surface area contributed by atoms with Gasteiger partial charge in [0.05, 0.1) is 12.2 Å². The molecule has 9 nitrogen and oxygen atoms in total. The van der Waals surface area contributed by atoms with Gasteiger partial charge in [-0.2, -0.15) is 5.10 Å². The number of hydrogen-bond donors (Lipinski definition) is 2. The third-order valence-corrected chi connectivity index (χ3v) is 6.24. The summed E-state index contributed by atoms with van der Waals surface area (Å²) in [5.74, 6) is 0.425. The predicted molar refractivity (Wildman–Crippen MR) is 122 cm³/mol. The molecule has 0 aromatic carbocycles. The zero-order chi connectivity index (χ0) is 22.9. The SMILES string of the molecule is CC1C=NC=CC1c1n[nH]c2c1CN(C(=O)NC1CCCN(C(=O)OC(C)(C)C)C1)CC2. The fourth-order valence-corrected chi connectivity index (χ4v) is 4.56. The van der Waals surface area contributed by atoms with Crippen LogP contribution in [0.3, 0.4) is 0 Å². The fraction of sp³-hybridized carbons (Fsp3) is 0.652. The number of nitrogens with zero attached hydrogens (tertiary/aromatic N) is 4. The number of amides is 3. The number of aromatic nitrogens is 2. The van der Waals surface area contributed by atoms with E-state index in [2.05, 4.69) is 33.5 Å². The number of likely N-dealkylation sites (tertiary alicyclic amines) is 1. The quantitative estimate of drug-likeness (QED) is 0.734. The number of carbonyl (C=O) groups excluding carboxylic acids is 2. The molecule has 0 bridgehead atoms. The Kier molecular flexibility index (Phi) is 6.26. The first-order chi connectivity index (χ1) is 15.2. The van der Waals surface area contributed by atoms with Crippen LogP contribution in [0.5, 0.6) is 0 Å². The minimum Gasteiger partial charge on any atom is -0.444 e. The lowest BCUT2D eigenvalue weighted by atomic mass is 9.87. The number of allylic oxidation sites excluding steroid dienone is 1. The van der Waals surface area contributed by atoms with E-state index in [0.29, 0.717) is 26.2 Å². The summed E-state index contributed by atoms with van der Waals surface area (Å²) in [6.45, 7) is 10.0. The number of urea groups is 1. The minimum absolute atomic E-state index is 0.0773. The second-order valence-corrected chi connectivity index (χ2v) is 9.98. The minimum atomic E-state index is -0.530. The van der Waals surface area contributed by atoms with Crippen molar-refractivity contribution < 1.29 is 14.3 Å². The molecule has 0 spiro atoms. The standard InChI is InChI=1S/C23H34N6O3/c1-15-12-24-9-7-17(15)20-18-14-28(11-8-19(18)26-27-20)21(30)25-16-6-5-10-29(13-16)22(31)32-23(2,3)4/h7,9,12,15-17H,5-6,8,10-11,13-14H2,1-4H3,(H,25,30)(H,26,27). The summed E-state index contributed by atoms with van der Waals surface area (Å²) in [6.07, 6.45) is 7.96. The van der Waals surface area contributed by atoms with Gasteiger partial charge in [0.25, 0.3) is 0 Å². The summed E-state index contributed by atoms with van der Waals surface area (Å²) in [5, 5.41) is 10.9. The van der Waals surface area contributed by atoms with Crippen LogP contribution in [-0.4, -0.2) is 69.6 Å². The third kappa shape index (κ3) is 4.97. The Bertz CT molecular complexity index is 915. The molecule has 4 rings (SSSR count). The van der Waals surface area contributed by atoms with Gasteiger partial charge in [-0.15, -0.1) is 0 Å². The van der Waals surface area contributed by atoms with E-state index < -0.39 is 5.60 Å². The monoisotopic (exact) mass is 442 g/mol. The van der Waals surface area contributed by atoms with E-state index >= 15 is 0 Å². The highest BCUT2D eigenvalue weighted by molar-refractivity contribution is 5.75. The van der Waals surface area contributed by atoms with E-state index in [-0.39, 0.29) is 30.0 Å². The molecular weight excluding hydrogens is 408 g/mol. The van der Waals surface area contributed by atoms with Crippen molar-refractivity contribution in [2.24, 2.45) is 10.9 Å². The largest absolute Gasteiger partial charge is 0.444 e. The van der Waals surface area contributed by atoms with Crippen molar-refractivity contribution in [3.05, 3.63) is 29.2 Å². The van der Waals surface area contributed by atoms with Crippen LogP contribution in [-0.2, 0) is 17.7 Å². The number of rotatable bonds is 2. The summed E-state index contributed by atoms with van der Waals surface area (Å²) in [6, 6.07) is -0.167. The zero-order valence-electron chi connectivity index (χ0n) is 19.4. The lowest BCUT2D eigenvalue weighted by Gasteiger charge is -2.36. The van der Waals surface area contributed by atoms with Crippen LogP contribution in [0.25, 0.3) is 0 Å². The average molecular weight is 443 g/mol. The number of H-pyrrole nitrogens is 1. The number of ether oxygens (including phenoxy) is 1. The average Bonchev–Trinajstić information content (AvgIpc) is 3.16. The van der Waals surface area contributed by atoms with Gasteiger partial charge in [-0.1, -0.05) is 13.0 Å². The summed E-state index contributed by atoms with van der Waals surface area (Å²) >= 11 is 0. The van der Waals surface area contributed by atoms with Gasteiger partial charge < -0.3 is 19.9 Å². The summed E-state index contributed by atoms with van der Waals surface area (Å²) < 4.78 is 5.50. The first-order valence-corrected chi connectivity index (χ1v) is 11.5. The number of fused-ring (bicyclic) bond motifs is 1. The van der Waals surface area contributed by atoms with Crippen molar-refractivity contribution in [2.75, 3.05) is 19.6 Å². The van der Waals surface area contributed by atoms with E-state index in [4.69, 9.17) is 4.74 Å². The first kappa shape index (κ1) is 22.4. The highest BCUT2D eigenvalue weighted by Gasteiger charge is 2.32. The molecule has 3 aliphatic heterocycles. The Hall–Kier alpha value is -2.84. The molecule has 3 aliphatic rings. The number of aromatic amines is 1. The zero-order valence-corrected chi connectivity index (χ0v) is 19.4. The second-order valence-electron chi connectivity index (χ2n) is 9.98. The van der Waals surface area contributed by atoms with Crippen molar-refractivity contribution in [1.82, 2.24) is 25.3 Å². The van der Waals surface area contributed by atoms with Crippen molar-refractivity contribution in [1.29, 1.82) is 0 Å². The smallest absolute Gasteiger partial charge is 0.410 e. The van der Waals surface area contributed by atoms with Crippen LogP contribution in [0, 0.1) is 5.92 Å². The molecule has 4 heterocycles. The molecule has 3 unspecified atom stereocenters. The van der Waals surface area contributed by atoms with Gasteiger partial charge in [-0.25, -0.2) is 9.59 Å². The molecule has 1 saturated heterocycles. The number of aliphatic imine (C=N–C) groups is 1. The lowest BCUT2D eigenvalue weighted by Crippen LogP contribution is -2.53. The molecule has 2 N–H and O–H groups in total. The topological polar surface area (TPSA) is 103 Å². The molecule has 1 aromatic rings. The van der Waals surface area contributed by atoms with Crippen molar-refractivity contribution in [3.8, 4) is 0 Å². The van der Waals surface area contributed by atoms with E-state index in [0.717, 1.165) is 36.2 Å². The molecule has 32 heavy (non-hydrogen) atoms. The van der Waals surface area contributed by atoms with Crippen molar-refractivity contribution in [3.63, 3.8) is 0 Å². The summed E-state index contributed by atoms with van der Waals surface area (Å²) in [4.78, 5) is 33.3. The third-order valence-electron chi connectivity index (χ3n) is 6.24. The molecule has 1 fully saturated rings. The molecule has 0 saturated carbocycles. The van der Waals surface area contributed by atoms with Crippen LogP contribution in [0.1, 0.15) is 63.4 Å². The van der Waals surface area contributed by atoms with Gasteiger partial charge >= 0.3 is 12.1 Å². The second kappa shape index (κ2) is 8.96. The van der Waals surface area contributed by atoms with E-state index in [1.807, 2.05) is 38.1 Å². The van der Waals surface area contributed by atoms with Gasteiger partial charge in [0.15, 0.2) is 0 Å². The van der Waals surface area contributed by atoms with E-state index in [1.54, 1.807) is 4.90 Å². The first-order valence-electron chi connectivity index (χ1n) is 11.5.